The Kier molecular flexibility index (Phi) is 8.66. The first-order chi connectivity index (χ1) is 11.4. The maximum atomic E-state index is 12.2. The maximum absolute atomic E-state index is 12.2. The van der Waals surface area contributed by atoms with E-state index in [1.807, 2.05) is 19.1 Å². The highest BCUT2D eigenvalue weighted by atomic mass is 35.5. The van der Waals surface area contributed by atoms with Crippen LogP contribution in [-0.4, -0.2) is 22.5 Å². The van der Waals surface area contributed by atoms with Crippen molar-refractivity contribution in [1.29, 1.82) is 0 Å². The van der Waals surface area contributed by atoms with Crippen molar-refractivity contribution in [2.75, 3.05) is 0 Å². The summed E-state index contributed by atoms with van der Waals surface area (Å²) >= 11 is 0. The van der Waals surface area contributed by atoms with Gasteiger partial charge in [0.25, 0.3) is 0 Å². The monoisotopic (exact) mass is 369 g/mol. The Balaban J connectivity index is 0.00000312. The van der Waals surface area contributed by atoms with E-state index in [0.717, 1.165) is 30.7 Å². The standard InChI is InChI=1S/C19H31N3O2.ClH/c1-4-10-19(3,20)18(23)22-13-15-9-11-21-17(12-15)24-16-7-5-14(2)6-8-16;/h9,11-12,14,16H,4-8,10,13,20H2,1-3H3,(H,22,23);1H. The number of rotatable bonds is 7. The van der Waals surface area contributed by atoms with Gasteiger partial charge in [-0.2, -0.15) is 0 Å². The molecule has 1 amide bonds. The minimum absolute atomic E-state index is 0. The van der Waals surface area contributed by atoms with Crippen molar-refractivity contribution in [2.45, 2.75) is 77.5 Å². The summed E-state index contributed by atoms with van der Waals surface area (Å²) in [7, 11) is 0. The number of pyridine rings is 1. The number of hydrogen-bond acceptors (Lipinski definition) is 4. The molecule has 1 saturated carbocycles. The predicted octanol–water partition coefficient (Wildman–Crippen LogP) is 3.59. The molecule has 0 spiro atoms. The minimum atomic E-state index is -0.820. The second kappa shape index (κ2) is 9.97. The minimum Gasteiger partial charge on any atom is -0.474 e. The van der Waals surface area contributed by atoms with Gasteiger partial charge in [0.1, 0.15) is 6.10 Å². The van der Waals surface area contributed by atoms with Crippen LogP contribution < -0.4 is 15.8 Å². The predicted molar refractivity (Wildman–Crippen MR) is 103 cm³/mol. The van der Waals surface area contributed by atoms with Crippen LogP contribution in [0.2, 0.25) is 0 Å². The Bertz CT molecular complexity index is 543. The summed E-state index contributed by atoms with van der Waals surface area (Å²) in [5, 5.41) is 2.91. The fraction of sp³-hybridized carbons (Fsp3) is 0.684. The molecule has 1 atom stereocenters. The molecule has 1 fully saturated rings. The average molecular weight is 370 g/mol. The fourth-order valence-electron chi connectivity index (χ4n) is 3.16. The van der Waals surface area contributed by atoms with Crippen LogP contribution >= 0.6 is 12.4 Å². The lowest BCUT2D eigenvalue weighted by Crippen LogP contribution is -2.51. The Morgan fingerprint density at radius 2 is 2.08 bits per heavy atom. The molecule has 0 aliphatic heterocycles. The zero-order valence-corrected chi connectivity index (χ0v) is 16.4. The number of nitrogens with zero attached hydrogens (tertiary/aromatic N) is 1. The van der Waals surface area contributed by atoms with E-state index in [-0.39, 0.29) is 24.4 Å². The van der Waals surface area contributed by atoms with Crippen LogP contribution in [0.25, 0.3) is 0 Å². The number of amides is 1. The van der Waals surface area contributed by atoms with Gasteiger partial charge in [-0.05, 0) is 56.6 Å². The molecule has 5 nitrogen and oxygen atoms in total. The van der Waals surface area contributed by atoms with Crippen LogP contribution in [0.5, 0.6) is 5.88 Å². The number of nitrogens with one attached hydrogen (secondary N) is 1. The zero-order valence-electron chi connectivity index (χ0n) is 15.6. The van der Waals surface area contributed by atoms with E-state index in [1.54, 1.807) is 13.1 Å². The van der Waals surface area contributed by atoms with Crippen molar-refractivity contribution in [1.82, 2.24) is 10.3 Å². The molecular formula is C19H32ClN3O2. The number of carbonyl (C=O) groups excluding carboxylic acids is 1. The zero-order chi connectivity index (χ0) is 17.6. The van der Waals surface area contributed by atoms with Gasteiger partial charge in [0.15, 0.2) is 0 Å². The molecule has 142 valence electrons. The number of hydrogen-bond donors (Lipinski definition) is 2. The molecule has 25 heavy (non-hydrogen) atoms. The molecule has 1 heterocycles. The summed E-state index contributed by atoms with van der Waals surface area (Å²) in [6.07, 6.45) is 8.15. The quantitative estimate of drug-likeness (QED) is 0.769. The number of nitrogens with two attached hydrogens (primary N) is 1. The van der Waals surface area contributed by atoms with Crippen molar-refractivity contribution < 1.29 is 9.53 Å². The van der Waals surface area contributed by atoms with Crippen LogP contribution in [0.15, 0.2) is 18.3 Å². The van der Waals surface area contributed by atoms with Gasteiger partial charge in [-0.1, -0.05) is 20.3 Å². The Morgan fingerprint density at radius 1 is 1.40 bits per heavy atom. The molecular weight excluding hydrogens is 338 g/mol. The molecule has 3 N–H and O–H groups in total. The normalized spacial score (nSPS) is 22.4. The van der Waals surface area contributed by atoms with Crippen LogP contribution in [0.1, 0.15) is 64.9 Å². The summed E-state index contributed by atoms with van der Waals surface area (Å²) in [6.45, 7) is 6.53. The van der Waals surface area contributed by atoms with Gasteiger partial charge in [-0.15, -0.1) is 12.4 Å². The first kappa shape index (κ1) is 21.7. The van der Waals surface area contributed by atoms with Crippen molar-refractivity contribution in [3.8, 4) is 5.88 Å². The summed E-state index contributed by atoms with van der Waals surface area (Å²) in [6, 6.07) is 3.80. The molecule has 1 unspecified atom stereocenters. The molecule has 1 aliphatic carbocycles. The highest BCUT2D eigenvalue weighted by Crippen LogP contribution is 2.26. The summed E-state index contributed by atoms with van der Waals surface area (Å²) < 4.78 is 6.01. The topological polar surface area (TPSA) is 77.2 Å². The Hall–Kier alpha value is -1.33. The third-order valence-electron chi connectivity index (χ3n) is 4.79. The van der Waals surface area contributed by atoms with Crippen LogP contribution in [0, 0.1) is 5.92 Å². The van der Waals surface area contributed by atoms with Crippen molar-refractivity contribution in [3.63, 3.8) is 0 Å². The summed E-state index contributed by atoms with van der Waals surface area (Å²) in [5.41, 5.74) is 6.21. The second-order valence-corrected chi connectivity index (χ2v) is 7.35. The maximum Gasteiger partial charge on any atom is 0.240 e. The van der Waals surface area contributed by atoms with Gasteiger partial charge in [0, 0.05) is 18.8 Å². The van der Waals surface area contributed by atoms with Crippen LogP contribution in [0.3, 0.4) is 0 Å². The molecule has 0 bridgehead atoms. The number of carbonyl (C=O) groups is 1. The van der Waals surface area contributed by atoms with Gasteiger partial charge in [0.2, 0.25) is 11.8 Å². The van der Waals surface area contributed by atoms with Gasteiger partial charge < -0.3 is 15.8 Å². The van der Waals surface area contributed by atoms with E-state index in [0.29, 0.717) is 18.8 Å². The van der Waals surface area contributed by atoms with Gasteiger partial charge in [-0.3, -0.25) is 4.79 Å². The van der Waals surface area contributed by atoms with Gasteiger partial charge >= 0.3 is 0 Å². The van der Waals surface area contributed by atoms with E-state index < -0.39 is 5.54 Å². The van der Waals surface area contributed by atoms with Gasteiger partial charge in [-0.25, -0.2) is 4.98 Å². The van der Waals surface area contributed by atoms with E-state index in [9.17, 15) is 4.79 Å². The number of halogens is 1. The number of aromatic nitrogens is 1. The number of ether oxygens (including phenoxy) is 1. The molecule has 1 aromatic heterocycles. The van der Waals surface area contributed by atoms with Gasteiger partial charge in [0.05, 0.1) is 5.54 Å². The summed E-state index contributed by atoms with van der Waals surface area (Å²) in [4.78, 5) is 16.5. The molecule has 1 aliphatic rings. The molecule has 0 aromatic carbocycles. The lowest BCUT2D eigenvalue weighted by molar-refractivity contribution is -0.126. The highest BCUT2D eigenvalue weighted by Gasteiger charge is 2.26. The van der Waals surface area contributed by atoms with E-state index in [4.69, 9.17) is 10.5 Å². The van der Waals surface area contributed by atoms with Crippen LogP contribution in [0.4, 0.5) is 0 Å². The SMILES string of the molecule is CCCC(C)(N)C(=O)NCc1ccnc(OC2CCC(C)CC2)c1.Cl. The van der Waals surface area contributed by atoms with E-state index in [1.165, 1.54) is 12.8 Å². The Morgan fingerprint density at radius 3 is 2.72 bits per heavy atom. The highest BCUT2D eigenvalue weighted by molar-refractivity contribution is 5.85. The smallest absolute Gasteiger partial charge is 0.240 e. The third-order valence-corrected chi connectivity index (χ3v) is 4.79. The lowest BCUT2D eigenvalue weighted by atomic mass is 9.89. The van der Waals surface area contributed by atoms with E-state index in [2.05, 4.69) is 17.2 Å². The third kappa shape index (κ3) is 6.83. The molecule has 1 aromatic rings. The van der Waals surface area contributed by atoms with Crippen molar-refractivity contribution in [2.24, 2.45) is 11.7 Å². The largest absolute Gasteiger partial charge is 0.474 e. The van der Waals surface area contributed by atoms with Crippen molar-refractivity contribution in [3.05, 3.63) is 23.9 Å². The molecule has 6 heteroatoms. The first-order valence-corrected chi connectivity index (χ1v) is 9.09. The second-order valence-electron chi connectivity index (χ2n) is 7.35. The van der Waals surface area contributed by atoms with Crippen molar-refractivity contribution >= 4 is 18.3 Å². The molecule has 2 rings (SSSR count). The summed E-state index contributed by atoms with van der Waals surface area (Å²) in [5.74, 6) is 1.32. The lowest BCUT2D eigenvalue weighted by Gasteiger charge is -2.26. The average Bonchev–Trinajstić information content (AvgIpc) is 2.55. The van der Waals surface area contributed by atoms with E-state index >= 15 is 0 Å². The molecule has 0 saturated heterocycles. The first-order valence-electron chi connectivity index (χ1n) is 9.09. The van der Waals surface area contributed by atoms with Crippen LogP contribution in [-0.2, 0) is 11.3 Å². The Labute approximate surface area is 157 Å². The fourth-order valence-corrected chi connectivity index (χ4v) is 3.16. The molecule has 0 radical (unpaired) electrons.